The molecule has 0 fully saturated rings. The normalized spacial score (nSPS) is 16.4. The number of carboxylic acids is 1. The average Bonchev–Trinajstić information content (AvgIpc) is 2.65. The Morgan fingerprint density at radius 2 is 1.36 bits per heavy atom. The summed E-state index contributed by atoms with van der Waals surface area (Å²) < 4.78 is 0. The Morgan fingerprint density at radius 3 is 1.79 bits per heavy atom. The summed E-state index contributed by atoms with van der Waals surface area (Å²) in [4.78, 5) is 48.1. The molecule has 0 spiro atoms. The summed E-state index contributed by atoms with van der Waals surface area (Å²) in [6.07, 6.45) is 1.22. The minimum absolute atomic E-state index is 0.0834. The summed E-state index contributed by atoms with van der Waals surface area (Å²) in [6, 6.07) is -2.60. The van der Waals surface area contributed by atoms with Crippen molar-refractivity contribution in [2.45, 2.75) is 72.5 Å². The van der Waals surface area contributed by atoms with E-state index in [0.717, 1.165) is 0 Å². The first-order valence-corrected chi connectivity index (χ1v) is 9.81. The summed E-state index contributed by atoms with van der Waals surface area (Å²) in [7, 11) is 0. The molecule has 3 amide bonds. The van der Waals surface area contributed by atoms with Crippen molar-refractivity contribution in [3.05, 3.63) is 0 Å². The number of hydrogen-bond acceptors (Lipinski definition) is 5. The molecule has 0 radical (unpaired) electrons. The van der Waals surface area contributed by atoms with E-state index in [-0.39, 0.29) is 24.3 Å². The van der Waals surface area contributed by atoms with Gasteiger partial charge in [0.05, 0.1) is 12.6 Å². The van der Waals surface area contributed by atoms with Crippen LogP contribution in [0.1, 0.15) is 54.4 Å². The van der Waals surface area contributed by atoms with Crippen molar-refractivity contribution >= 4 is 23.7 Å². The Morgan fingerprint density at radius 1 is 0.857 bits per heavy atom. The van der Waals surface area contributed by atoms with Gasteiger partial charge in [0, 0.05) is 0 Å². The van der Waals surface area contributed by atoms with Crippen LogP contribution in [0.4, 0.5) is 0 Å². The van der Waals surface area contributed by atoms with Crippen LogP contribution < -0.4 is 21.7 Å². The lowest BCUT2D eigenvalue weighted by Crippen LogP contribution is -2.56. The molecule has 0 rings (SSSR count). The minimum Gasteiger partial charge on any atom is -0.480 e. The fourth-order valence-corrected chi connectivity index (χ4v) is 2.44. The van der Waals surface area contributed by atoms with Gasteiger partial charge in [0.2, 0.25) is 17.7 Å². The zero-order chi connectivity index (χ0) is 22.0. The van der Waals surface area contributed by atoms with Gasteiger partial charge in [-0.1, -0.05) is 54.4 Å². The molecule has 0 aliphatic rings. The van der Waals surface area contributed by atoms with Crippen molar-refractivity contribution in [3.8, 4) is 0 Å². The Bertz CT molecular complexity index is 552. The number of carboxylic acid groups (broad SMARTS) is 1. The minimum atomic E-state index is -1.12. The van der Waals surface area contributed by atoms with Gasteiger partial charge < -0.3 is 26.8 Å². The number of carbonyl (C=O) groups is 4. The predicted octanol–water partition coefficient (Wildman–Crippen LogP) is 0.232. The van der Waals surface area contributed by atoms with Crippen molar-refractivity contribution in [2.75, 3.05) is 6.54 Å². The molecule has 0 saturated heterocycles. The SMILES string of the molecule is CCC(C)C(NC(=O)CNC(=O)C(NC(=O)C(N)C(C)C)C(C)CC)C(=O)O. The molecule has 9 heteroatoms. The highest BCUT2D eigenvalue weighted by Crippen LogP contribution is 2.10. The topological polar surface area (TPSA) is 151 Å². The number of hydrogen-bond donors (Lipinski definition) is 5. The first-order chi connectivity index (χ1) is 13.0. The summed E-state index contributed by atoms with van der Waals surface area (Å²) in [5.74, 6) is -3.16. The Balaban J connectivity index is 4.93. The van der Waals surface area contributed by atoms with Gasteiger partial charge in [-0.05, 0) is 17.8 Å². The van der Waals surface area contributed by atoms with Crippen LogP contribution in [0.15, 0.2) is 0 Å². The molecule has 5 atom stereocenters. The fourth-order valence-electron chi connectivity index (χ4n) is 2.44. The maximum Gasteiger partial charge on any atom is 0.326 e. The van der Waals surface area contributed by atoms with Crippen LogP contribution in [0.5, 0.6) is 0 Å². The Labute approximate surface area is 167 Å². The molecule has 6 N–H and O–H groups in total. The number of nitrogens with one attached hydrogen (secondary N) is 3. The molecule has 5 unspecified atom stereocenters. The number of nitrogens with two attached hydrogens (primary N) is 1. The van der Waals surface area contributed by atoms with Gasteiger partial charge in [0.25, 0.3) is 0 Å². The summed E-state index contributed by atoms with van der Waals surface area (Å²) >= 11 is 0. The smallest absolute Gasteiger partial charge is 0.326 e. The van der Waals surface area contributed by atoms with E-state index in [1.54, 1.807) is 6.92 Å². The fraction of sp³-hybridized carbons (Fsp3) is 0.789. The molecule has 0 aromatic heterocycles. The maximum atomic E-state index is 12.5. The number of carbonyl (C=O) groups excluding carboxylic acids is 3. The van der Waals surface area contributed by atoms with Crippen LogP contribution in [0.25, 0.3) is 0 Å². The van der Waals surface area contributed by atoms with Crippen LogP contribution in [0.2, 0.25) is 0 Å². The zero-order valence-corrected chi connectivity index (χ0v) is 17.7. The van der Waals surface area contributed by atoms with Crippen molar-refractivity contribution < 1.29 is 24.3 Å². The van der Waals surface area contributed by atoms with Crippen LogP contribution in [0, 0.1) is 17.8 Å². The molecule has 0 saturated carbocycles. The zero-order valence-electron chi connectivity index (χ0n) is 17.7. The molecule has 0 bridgehead atoms. The van der Waals surface area contributed by atoms with Crippen LogP contribution in [-0.4, -0.2) is 53.5 Å². The van der Waals surface area contributed by atoms with Gasteiger partial charge in [-0.2, -0.15) is 0 Å². The lowest BCUT2D eigenvalue weighted by atomic mass is 9.96. The number of aliphatic carboxylic acids is 1. The summed E-state index contributed by atoms with van der Waals surface area (Å²) in [5.41, 5.74) is 5.83. The van der Waals surface area contributed by atoms with Gasteiger partial charge >= 0.3 is 5.97 Å². The second-order valence-corrected chi connectivity index (χ2v) is 7.63. The van der Waals surface area contributed by atoms with Crippen LogP contribution in [0.3, 0.4) is 0 Å². The van der Waals surface area contributed by atoms with Gasteiger partial charge in [-0.3, -0.25) is 14.4 Å². The molecule has 28 heavy (non-hydrogen) atoms. The first-order valence-electron chi connectivity index (χ1n) is 9.81. The van der Waals surface area contributed by atoms with E-state index < -0.39 is 41.8 Å². The van der Waals surface area contributed by atoms with E-state index in [2.05, 4.69) is 16.0 Å². The molecule has 0 aliphatic heterocycles. The molecule has 0 aliphatic carbocycles. The van der Waals surface area contributed by atoms with Gasteiger partial charge in [-0.25, -0.2) is 4.79 Å². The number of amides is 3. The van der Waals surface area contributed by atoms with E-state index in [1.807, 2.05) is 34.6 Å². The number of rotatable bonds is 12. The third-order valence-electron chi connectivity index (χ3n) is 5.03. The maximum absolute atomic E-state index is 12.5. The third kappa shape index (κ3) is 8.24. The molecule has 0 heterocycles. The Kier molecular flexibility index (Phi) is 11.4. The van der Waals surface area contributed by atoms with Crippen molar-refractivity contribution in [1.29, 1.82) is 0 Å². The lowest BCUT2D eigenvalue weighted by Gasteiger charge is -2.26. The monoisotopic (exact) mass is 400 g/mol. The van der Waals surface area contributed by atoms with E-state index in [4.69, 9.17) is 5.73 Å². The molecular weight excluding hydrogens is 364 g/mol. The van der Waals surface area contributed by atoms with Crippen LogP contribution >= 0.6 is 0 Å². The molecular formula is C19H36N4O5. The van der Waals surface area contributed by atoms with Crippen molar-refractivity contribution in [3.63, 3.8) is 0 Å². The van der Waals surface area contributed by atoms with E-state index >= 15 is 0 Å². The average molecular weight is 401 g/mol. The van der Waals surface area contributed by atoms with E-state index in [1.165, 1.54) is 0 Å². The first kappa shape index (κ1) is 25.8. The van der Waals surface area contributed by atoms with Gasteiger partial charge in [0.1, 0.15) is 12.1 Å². The molecule has 0 aromatic rings. The quantitative estimate of drug-likeness (QED) is 0.316. The summed E-state index contributed by atoms with van der Waals surface area (Å²) in [5, 5.41) is 16.8. The predicted molar refractivity (Wildman–Crippen MR) is 106 cm³/mol. The summed E-state index contributed by atoms with van der Waals surface area (Å²) in [6.45, 7) is 10.5. The molecule has 162 valence electrons. The highest BCUT2D eigenvalue weighted by Gasteiger charge is 2.30. The van der Waals surface area contributed by atoms with Crippen molar-refractivity contribution in [2.24, 2.45) is 23.5 Å². The van der Waals surface area contributed by atoms with Gasteiger partial charge in [0.15, 0.2) is 0 Å². The second kappa shape index (κ2) is 12.3. The standard InChI is InChI=1S/C19H36N4O5/c1-7-11(5)15(23-17(25)14(20)10(3)4)18(26)21-9-13(24)22-16(19(27)28)12(6)8-2/h10-12,14-16H,7-9,20H2,1-6H3,(H,21,26)(H,22,24)(H,23,25)(H,27,28). The third-order valence-corrected chi connectivity index (χ3v) is 5.03. The van der Waals surface area contributed by atoms with Gasteiger partial charge in [-0.15, -0.1) is 0 Å². The van der Waals surface area contributed by atoms with Crippen molar-refractivity contribution in [1.82, 2.24) is 16.0 Å². The Hall–Kier alpha value is -2.16. The lowest BCUT2D eigenvalue weighted by molar-refractivity contribution is -0.143. The second-order valence-electron chi connectivity index (χ2n) is 7.63. The van der Waals surface area contributed by atoms with E-state index in [9.17, 15) is 24.3 Å². The molecule has 9 nitrogen and oxygen atoms in total. The van der Waals surface area contributed by atoms with Crippen LogP contribution in [-0.2, 0) is 19.2 Å². The highest BCUT2D eigenvalue weighted by atomic mass is 16.4. The largest absolute Gasteiger partial charge is 0.480 e. The highest BCUT2D eigenvalue weighted by molar-refractivity contribution is 5.92. The van der Waals surface area contributed by atoms with E-state index in [0.29, 0.717) is 12.8 Å². The molecule has 0 aromatic carbocycles.